The Hall–Kier alpha value is -1.23. The van der Waals surface area contributed by atoms with Crippen molar-refractivity contribution in [3.63, 3.8) is 0 Å². The van der Waals surface area contributed by atoms with E-state index in [1.807, 2.05) is 35.6 Å². The fourth-order valence-corrected chi connectivity index (χ4v) is 4.28. The summed E-state index contributed by atoms with van der Waals surface area (Å²) in [5.74, 6) is -1.75. The maximum Gasteiger partial charge on any atom is 0.338 e. The Balaban J connectivity index is 2.91. The molecule has 0 aliphatic heterocycles. The molecule has 0 aliphatic carbocycles. The molecule has 0 heterocycles. The summed E-state index contributed by atoms with van der Waals surface area (Å²) in [5.41, 5.74) is 2.23. The minimum Gasteiger partial charge on any atom is -0.465 e. The van der Waals surface area contributed by atoms with Gasteiger partial charge < -0.3 is 9.47 Å². The van der Waals surface area contributed by atoms with E-state index in [1.165, 1.54) is 20.3 Å². The van der Waals surface area contributed by atoms with Gasteiger partial charge in [-0.2, -0.15) is 0 Å². The SMILES string of the molecule is COC(=O)c1cc(C)cc(I)c1-c1c(I)cc(F)cc1C(=O)OC. The third-order valence-corrected chi connectivity index (χ3v) is 5.05. The fraction of sp³-hybridized carbons (Fsp3) is 0.176. The summed E-state index contributed by atoms with van der Waals surface area (Å²) in [6, 6.07) is 5.98. The van der Waals surface area contributed by atoms with Crippen LogP contribution in [-0.2, 0) is 9.47 Å². The maximum absolute atomic E-state index is 13.8. The molecule has 0 atom stereocenters. The van der Waals surface area contributed by atoms with Crippen LogP contribution in [0.15, 0.2) is 24.3 Å². The highest BCUT2D eigenvalue weighted by Crippen LogP contribution is 2.37. The maximum atomic E-state index is 13.8. The lowest BCUT2D eigenvalue weighted by Gasteiger charge is -2.16. The zero-order valence-electron chi connectivity index (χ0n) is 13.1. The summed E-state index contributed by atoms with van der Waals surface area (Å²) >= 11 is 4.02. The van der Waals surface area contributed by atoms with Gasteiger partial charge in [0.05, 0.1) is 25.3 Å². The first kappa shape index (κ1) is 19.1. The monoisotopic (exact) mass is 554 g/mol. The number of hydrogen-bond acceptors (Lipinski definition) is 4. The molecule has 0 aliphatic rings. The van der Waals surface area contributed by atoms with Crippen molar-refractivity contribution >= 4 is 57.1 Å². The summed E-state index contributed by atoms with van der Waals surface area (Å²) in [6.45, 7) is 1.86. The van der Waals surface area contributed by atoms with Crippen molar-refractivity contribution in [3.8, 4) is 11.1 Å². The van der Waals surface area contributed by atoms with E-state index in [0.717, 1.165) is 15.2 Å². The smallest absolute Gasteiger partial charge is 0.338 e. The highest BCUT2D eigenvalue weighted by molar-refractivity contribution is 14.1. The molecule has 0 bridgehead atoms. The van der Waals surface area contributed by atoms with Crippen LogP contribution in [0, 0.1) is 19.9 Å². The van der Waals surface area contributed by atoms with Crippen molar-refractivity contribution < 1.29 is 23.5 Å². The molecular formula is C17H13FI2O4. The third kappa shape index (κ3) is 3.71. The highest BCUT2D eigenvalue weighted by atomic mass is 127. The van der Waals surface area contributed by atoms with Crippen LogP contribution in [0.3, 0.4) is 0 Å². The topological polar surface area (TPSA) is 52.6 Å². The molecule has 0 saturated heterocycles. The molecule has 4 nitrogen and oxygen atoms in total. The molecule has 0 spiro atoms. The molecule has 2 rings (SSSR count). The predicted octanol–water partition coefficient (Wildman–Crippen LogP) is 4.58. The van der Waals surface area contributed by atoms with Crippen LogP contribution in [0.1, 0.15) is 26.3 Å². The van der Waals surface area contributed by atoms with Crippen molar-refractivity contribution in [1.82, 2.24) is 0 Å². The van der Waals surface area contributed by atoms with Crippen LogP contribution in [0.4, 0.5) is 4.39 Å². The van der Waals surface area contributed by atoms with Gasteiger partial charge in [0.25, 0.3) is 0 Å². The number of rotatable bonds is 3. The summed E-state index contributed by atoms with van der Waals surface area (Å²) in [5, 5.41) is 0. The van der Waals surface area contributed by atoms with Gasteiger partial charge in [-0.05, 0) is 81.9 Å². The van der Waals surface area contributed by atoms with Crippen molar-refractivity contribution in [1.29, 1.82) is 0 Å². The van der Waals surface area contributed by atoms with E-state index < -0.39 is 17.8 Å². The molecule has 0 amide bonds. The number of benzene rings is 2. The largest absolute Gasteiger partial charge is 0.465 e. The van der Waals surface area contributed by atoms with E-state index in [0.29, 0.717) is 20.3 Å². The number of hydrogen-bond donors (Lipinski definition) is 0. The van der Waals surface area contributed by atoms with Crippen LogP contribution >= 0.6 is 45.2 Å². The Bertz CT molecular complexity index is 764. The number of aryl methyl sites for hydroxylation is 1. The Morgan fingerprint density at radius 1 is 0.875 bits per heavy atom. The number of ether oxygens (including phenoxy) is 2. The molecule has 0 unspecified atom stereocenters. The molecule has 0 radical (unpaired) electrons. The lowest BCUT2D eigenvalue weighted by atomic mass is 9.94. The average Bonchev–Trinajstić information content (AvgIpc) is 2.53. The van der Waals surface area contributed by atoms with Gasteiger partial charge in [0.15, 0.2) is 0 Å². The molecule has 0 N–H and O–H groups in total. The summed E-state index contributed by atoms with van der Waals surface area (Å²) in [7, 11) is 2.52. The predicted molar refractivity (Wildman–Crippen MR) is 105 cm³/mol. The molecule has 0 saturated carbocycles. The Labute approximate surface area is 166 Å². The minimum atomic E-state index is -0.672. The van der Waals surface area contributed by atoms with Crippen LogP contribution in [0.2, 0.25) is 0 Å². The van der Waals surface area contributed by atoms with E-state index in [1.54, 1.807) is 6.07 Å². The molecule has 7 heteroatoms. The minimum absolute atomic E-state index is 0.0637. The number of carbonyl (C=O) groups is 2. The first-order valence-corrected chi connectivity index (χ1v) is 8.92. The van der Waals surface area contributed by atoms with E-state index in [9.17, 15) is 14.0 Å². The zero-order chi connectivity index (χ0) is 18.0. The van der Waals surface area contributed by atoms with Gasteiger partial charge in [0.2, 0.25) is 0 Å². The van der Waals surface area contributed by atoms with Gasteiger partial charge in [-0.25, -0.2) is 14.0 Å². The second kappa shape index (κ2) is 7.77. The lowest BCUT2D eigenvalue weighted by molar-refractivity contribution is 0.0589. The average molecular weight is 554 g/mol. The van der Waals surface area contributed by atoms with Crippen LogP contribution < -0.4 is 0 Å². The van der Waals surface area contributed by atoms with Gasteiger partial charge in [-0.3, -0.25) is 0 Å². The van der Waals surface area contributed by atoms with Gasteiger partial charge in [-0.1, -0.05) is 0 Å². The van der Waals surface area contributed by atoms with E-state index in [-0.39, 0.29) is 5.56 Å². The molecule has 0 fully saturated rings. The summed E-state index contributed by atoms with van der Waals surface area (Å²) < 4.78 is 24.7. The standard InChI is InChI=1S/C17H13FI2O4/c1-8-4-10(16(21)23-2)14(12(19)5-8)15-11(17(22)24-3)6-9(18)7-13(15)20/h4-7H,1-3H3. The molecule has 0 aromatic heterocycles. The highest BCUT2D eigenvalue weighted by Gasteiger charge is 2.25. The fourth-order valence-electron chi connectivity index (χ4n) is 2.37. The van der Waals surface area contributed by atoms with Gasteiger partial charge in [0.1, 0.15) is 5.82 Å². The van der Waals surface area contributed by atoms with E-state index in [2.05, 4.69) is 22.6 Å². The van der Waals surface area contributed by atoms with Crippen LogP contribution in [-0.4, -0.2) is 26.2 Å². The van der Waals surface area contributed by atoms with E-state index >= 15 is 0 Å². The normalized spacial score (nSPS) is 10.4. The van der Waals surface area contributed by atoms with Crippen molar-refractivity contribution in [2.75, 3.05) is 14.2 Å². The van der Waals surface area contributed by atoms with Gasteiger partial charge >= 0.3 is 11.9 Å². The first-order chi connectivity index (χ1) is 11.3. The number of carbonyl (C=O) groups excluding carboxylic acids is 2. The van der Waals surface area contributed by atoms with Gasteiger partial charge in [0, 0.05) is 18.3 Å². The van der Waals surface area contributed by atoms with Crippen molar-refractivity contribution in [2.24, 2.45) is 0 Å². The Kier molecular flexibility index (Phi) is 6.18. The molecule has 24 heavy (non-hydrogen) atoms. The second-order valence-electron chi connectivity index (χ2n) is 4.96. The van der Waals surface area contributed by atoms with Crippen molar-refractivity contribution in [3.05, 3.63) is 53.9 Å². The molecule has 126 valence electrons. The zero-order valence-corrected chi connectivity index (χ0v) is 17.4. The second-order valence-corrected chi connectivity index (χ2v) is 7.29. The Morgan fingerprint density at radius 2 is 1.33 bits per heavy atom. The van der Waals surface area contributed by atoms with Gasteiger partial charge in [-0.15, -0.1) is 0 Å². The third-order valence-electron chi connectivity index (χ3n) is 3.35. The molecule has 2 aromatic rings. The summed E-state index contributed by atoms with van der Waals surface area (Å²) in [6.07, 6.45) is 0. The Morgan fingerprint density at radius 3 is 1.83 bits per heavy atom. The lowest BCUT2D eigenvalue weighted by Crippen LogP contribution is -2.11. The summed E-state index contributed by atoms with van der Waals surface area (Å²) in [4.78, 5) is 24.4. The van der Waals surface area contributed by atoms with Crippen LogP contribution in [0.25, 0.3) is 11.1 Å². The van der Waals surface area contributed by atoms with Crippen LogP contribution in [0.5, 0.6) is 0 Å². The van der Waals surface area contributed by atoms with Crippen molar-refractivity contribution in [2.45, 2.75) is 6.92 Å². The molecular weight excluding hydrogens is 541 g/mol. The quantitative estimate of drug-likeness (QED) is 0.412. The number of methoxy groups -OCH3 is 2. The number of esters is 2. The molecule has 2 aromatic carbocycles. The van der Waals surface area contributed by atoms with E-state index in [4.69, 9.17) is 9.47 Å². The number of halogens is 3. The first-order valence-electron chi connectivity index (χ1n) is 6.76.